The summed E-state index contributed by atoms with van der Waals surface area (Å²) in [4.78, 5) is 35.6. The summed E-state index contributed by atoms with van der Waals surface area (Å²) in [6.45, 7) is 0.782. The van der Waals surface area contributed by atoms with Gasteiger partial charge in [-0.1, -0.05) is 6.92 Å². The van der Waals surface area contributed by atoms with Gasteiger partial charge in [-0.3, -0.25) is 14.3 Å². The maximum Gasteiger partial charge on any atom is 1.00 e. The summed E-state index contributed by atoms with van der Waals surface area (Å²) < 4.78 is 34.9. The number of aliphatic hydroxyl groups is 2. The number of ether oxygens (including phenoxy) is 1. The molecule has 24 heavy (non-hydrogen) atoms. The van der Waals surface area contributed by atoms with E-state index in [0.717, 1.165) is 0 Å². The van der Waals surface area contributed by atoms with Crippen molar-refractivity contribution in [1.82, 2.24) is 9.55 Å². The molecule has 1 saturated heterocycles. The zero-order valence-electron chi connectivity index (χ0n) is 12.9. The van der Waals surface area contributed by atoms with E-state index in [1.807, 2.05) is 0 Å². The van der Waals surface area contributed by atoms with E-state index in [0.29, 0.717) is 10.8 Å². The second-order valence-electron chi connectivity index (χ2n) is 4.91. The first-order valence-electron chi connectivity index (χ1n) is 6.63. The molecule has 2 heterocycles. The van der Waals surface area contributed by atoms with Gasteiger partial charge in [0.1, 0.15) is 25.9 Å². The smallest absolute Gasteiger partial charge is 0.779 e. The largest absolute Gasteiger partial charge is 1.00 e. The van der Waals surface area contributed by atoms with E-state index in [1.165, 1.54) is 6.92 Å². The van der Waals surface area contributed by atoms with E-state index < -0.39 is 55.8 Å². The normalized spacial score (nSPS) is 29.0. The first-order chi connectivity index (χ1) is 10.7. The summed E-state index contributed by atoms with van der Waals surface area (Å²) in [5.74, 6) is -1.29. The average Bonchev–Trinajstić information content (AvgIpc) is 2.77. The molecule has 0 bridgehead atoms. The fourth-order valence-corrected chi connectivity index (χ4v) is 2.58. The number of aromatic amines is 1. The zero-order valence-corrected chi connectivity index (χ0v) is 15.8. The third-order valence-electron chi connectivity index (χ3n) is 3.36. The molecule has 1 unspecified atom stereocenters. The Balaban J connectivity index is 0.00000288. The van der Waals surface area contributed by atoms with Crippen molar-refractivity contribution in [2.45, 2.75) is 31.5 Å². The van der Waals surface area contributed by atoms with Crippen LogP contribution in [0, 0.1) is 5.82 Å². The van der Waals surface area contributed by atoms with Crippen LogP contribution in [0.25, 0.3) is 0 Å². The minimum atomic E-state index is -4.09. The number of aromatic nitrogens is 2. The van der Waals surface area contributed by atoms with Crippen LogP contribution in [-0.2, 0) is 13.8 Å². The number of rotatable bonds is 5. The van der Waals surface area contributed by atoms with Crippen LogP contribution in [0.1, 0.15) is 13.2 Å². The summed E-state index contributed by atoms with van der Waals surface area (Å²) in [5, 5.41) is 19.7. The predicted molar refractivity (Wildman–Crippen MR) is 71.3 cm³/mol. The molecular weight excluding hydrogens is 361 g/mol. The predicted octanol–water partition coefficient (Wildman–Crippen LogP) is -5.11. The summed E-state index contributed by atoms with van der Waals surface area (Å²) >= 11 is 0. The van der Waals surface area contributed by atoms with E-state index in [9.17, 15) is 33.7 Å². The average molecular weight is 376 g/mol. The molecule has 1 aliphatic rings. The molecule has 1 aromatic heterocycles. The molecule has 0 radical (unpaired) electrons. The summed E-state index contributed by atoms with van der Waals surface area (Å²) in [5.41, 5.74) is -2.30. The van der Waals surface area contributed by atoms with Gasteiger partial charge in [-0.05, 0) is 0 Å². The van der Waals surface area contributed by atoms with Crippen LogP contribution in [0.2, 0.25) is 0 Å². The van der Waals surface area contributed by atoms with Crippen molar-refractivity contribution in [2.75, 3.05) is 12.8 Å². The number of aliphatic hydroxyl groups excluding tert-OH is 2. The first kappa shape index (κ1) is 21.7. The van der Waals surface area contributed by atoms with E-state index in [-0.39, 0.29) is 35.7 Å². The number of nitrogens with zero attached hydrogens (tertiary/aromatic N) is 1. The molecule has 0 spiro atoms. The van der Waals surface area contributed by atoms with Gasteiger partial charge in [0, 0.05) is 6.16 Å². The number of nitrogens with one attached hydrogen (secondary N) is 1. The molecule has 130 valence electrons. The van der Waals surface area contributed by atoms with Crippen LogP contribution in [0.15, 0.2) is 15.8 Å². The van der Waals surface area contributed by atoms with Gasteiger partial charge in [-0.25, -0.2) is 4.79 Å². The van der Waals surface area contributed by atoms with Gasteiger partial charge in [0.25, 0.3) is 5.56 Å². The number of H-pyrrole nitrogens is 1. The van der Waals surface area contributed by atoms with Gasteiger partial charge < -0.3 is 28.9 Å². The molecule has 1 aliphatic heterocycles. The fourth-order valence-electron chi connectivity index (χ4n) is 2.02. The SMILES string of the molecule is CCP(=O)([O-])OC[C@H]1O[C@@H](n2cc(F)c(=O)[nH]c2=O)[C@H](O)[C@@H]1O.[Na+]. The molecule has 3 N–H and O–H groups in total. The van der Waals surface area contributed by atoms with Crippen molar-refractivity contribution in [3.63, 3.8) is 0 Å². The Kier molecular flexibility index (Phi) is 7.54. The quantitative estimate of drug-likeness (QED) is 0.341. The molecule has 1 fully saturated rings. The maximum absolute atomic E-state index is 13.3. The van der Waals surface area contributed by atoms with E-state index in [2.05, 4.69) is 4.52 Å². The van der Waals surface area contributed by atoms with Crippen LogP contribution in [0.4, 0.5) is 4.39 Å². The van der Waals surface area contributed by atoms with Crippen molar-refractivity contribution in [3.05, 3.63) is 32.9 Å². The van der Waals surface area contributed by atoms with Crippen molar-refractivity contribution >= 4 is 7.60 Å². The van der Waals surface area contributed by atoms with Gasteiger partial charge in [0.05, 0.1) is 12.8 Å². The van der Waals surface area contributed by atoms with E-state index in [1.54, 1.807) is 4.98 Å². The molecule has 0 aliphatic carbocycles. The Morgan fingerprint density at radius 2 is 2.08 bits per heavy atom. The van der Waals surface area contributed by atoms with E-state index >= 15 is 0 Å². The van der Waals surface area contributed by atoms with Crippen molar-refractivity contribution in [2.24, 2.45) is 0 Å². The molecule has 13 heteroatoms. The van der Waals surface area contributed by atoms with Gasteiger partial charge >= 0.3 is 35.2 Å². The van der Waals surface area contributed by atoms with Crippen LogP contribution in [0.5, 0.6) is 0 Å². The van der Waals surface area contributed by atoms with Gasteiger partial charge in [0.2, 0.25) is 5.82 Å². The van der Waals surface area contributed by atoms with Crippen LogP contribution in [0.3, 0.4) is 0 Å². The number of hydrogen-bond donors (Lipinski definition) is 3. The van der Waals surface area contributed by atoms with Crippen LogP contribution >= 0.6 is 7.60 Å². The number of hydrogen-bond acceptors (Lipinski definition) is 8. The molecule has 2 rings (SSSR count). The Morgan fingerprint density at radius 1 is 1.46 bits per heavy atom. The summed E-state index contributed by atoms with van der Waals surface area (Å²) in [7, 11) is -4.09. The van der Waals surface area contributed by atoms with Crippen molar-refractivity contribution < 1.29 is 62.9 Å². The van der Waals surface area contributed by atoms with Gasteiger partial charge in [0.15, 0.2) is 6.23 Å². The van der Waals surface area contributed by atoms with E-state index in [4.69, 9.17) is 4.74 Å². The molecule has 10 nitrogen and oxygen atoms in total. The fraction of sp³-hybridized carbons (Fsp3) is 0.636. The first-order valence-corrected chi connectivity index (χ1v) is 8.36. The molecule has 1 aromatic rings. The summed E-state index contributed by atoms with van der Waals surface area (Å²) in [6, 6.07) is 0. The Morgan fingerprint density at radius 3 is 2.67 bits per heavy atom. The third kappa shape index (κ3) is 4.63. The Bertz CT molecular complexity index is 739. The standard InChI is InChI=1S/C11H16FN2O8P.Na/c1-2-23(19,20)21-4-6-7(15)8(16)10(22-6)14-3-5(12)9(17)13-11(14)18;/h3,6-8,10,15-16H,2,4H2,1H3,(H,19,20)(H,13,17,18);/q;+1/p-1/t6-,7-,8-,10-;/m1./s1. The topological polar surface area (TPSA) is 154 Å². The minimum absolute atomic E-state index is 0. The second kappa shape index (κ2) is 8.35. The molecule has 5 atom stereocenters. The van der Waals surface area contributed by atoms with Crippen LogP contribution < -0.4 is 45.7 Å². The van der Waals surface area contributed by atoms with Crippen molar-refractivity contribution in [1.29, 1.82) is 0 Å². The van der Waals surface area contributed by atoms with Crippen molar-refractivity contribution in [3.8, 4) is 0 Å². The maximum atomic E-state index is 13.3. The Labute approximate surface area is 157 Å². The minimum Gasteiger partial charge on any atom is -0.779 e. The molecular formula is C11H15FN2NaO8P. The zero-order chi connectivity index (χ0) is 17.4. The van der Waals surface area contributed by atoms with Gasteiger partial charge in [-0.15, -0.1) is 0 Å². The molecule has 0 saturated carbocycles. The van der Waals surface area contributed by atoms with Gasteiger partial charge in [-0.2, -0.15) is 4.39 Å². The number of halogens is 1. The summed E-state index contributed by atoms with van der Waals surface area (Å²) in [6.07, 6.45) is -5.74. The molecule has 0 amide bonds. The Hall–Kier alpha value is -0.360. The monoisotopic (exact) mass is 376 g/mol. The third-order valence-corrected chi connectivity index (χ3v) is 4.68. The van der Waals surface area contributed by atoms with Crippen LogP contribution in [-0.4, -0.2) is 50.8 Å². The second-order valence-corrected chi connectivity index (χ2v) is 7.03. The molecule has 0 aromatic carbocycles.